The van der Waals surface area contributed by atoms with E-state index in [4.69, 9.17) is 11.5 Å². The summed E-state index contributed by atoms with van der Waals surface area (Å²) in [6, 6.07) is 14.1. The summed E-state index contributed by atoms with van der Waals surface area (Å²) in [4.78, 5) is 86.3. The van der Waals surface area contributed by atoms with E-state index < -0.39 is 60.2 Å². The normalized spacial score (nSPS) is 13.5. The monoisotopic (exact) mass is 837 g/mol. The van der Waals surface area contributed by atoms with E-state index in [0.717, 1.165) is 76.2 Å². The van der Waals surface area contributed by atoms with E-state index in [1.807, 2.05) is 44.2 Å². The van der Waals surface area contributed by atoms with Crippen LogP contribution in [-0.2, 0) is 46.4 Å². The van der Waals surface area contributed by atoms with Crippen molar-refractivity contribution in [3.05, 3.63) is 71.8 Å². The van der Waals surface area contributed by atoms with Crippen molar-refractivity contribution in [2.24, 2.45) is 17.4 Å². The number of aliphatic carboxylic acids is 1. The van der Waals surface area contributed by atoms with E-state index in [9.17, 15) is 38.7 Å². The number of hydrogen-bond acceptors (Lipinski definition) is 9. The van der Waals surface area contributed by atoms with Gasteiger partial charge in [-0.15, -0.1) is 0 Å². The molecule has 60 heavy (non-hydrogen) atoms. The molecular formula is C44H68N8O8. The molecule has 0 aromatic heterocycles. The van der Waals surface area contributed by atoms with Crippen LogP contribution in [0.2, 0.25) is 0 Å². The summed E-state index contributed by atoms with van der Waals surface area (Å²) in [6.45, 7) is 3.85. The molecule has 0 spiro atoms. The Labute approximate surface area is 354 Å². The van der Waals surface area contributed by atoms with E-state index in [1.54, 1.807) is 30.3 Å². The van der Waals surface area contributed by atoms with Crippen LogP contribution in [0.4, 0.5) is 0 Å². The Morgan fingerprint density at radius 2 is 0.983 bits per heavy atom. The maximum atomic E-state index is 13.1. The van der Waals surface area contributed by atoms with Gasteiger partial charge in [0, 0.05) is 25.7 Å². The molecule has 2 aromatic rings. The first-order valence-electron chi connectivity index (χ1n) is 21.4. The van der Waals surface area contributed by atoms with E-state index >= 15 is 0 Å². The minimum absolute atomic E-state index is 0.0476. The van der Waals surface area contributed by atoms with Gasteiger partial charge in [0.05, 0.1) is 6.42 Å². The molecule has 5 atom stereocenters. The Kier molecular flexibility index (Phi) is 25.2. The van der Waals surface area contributed by atoms with Crippen LogP contribution >= 0.6 is 0 Å². The zero-order valence-corrected chi connectivity index (χ0v) is 35.3. The third kappa shape index (κ3) is 22.1. The fraction of sp³-hybridized carbons (Fsp3) is 0.568. The van der Waals surface area contributed by atoms with Gasteiger partial charge in [0.25, 0.3) is 0 Å². The SMILES string of the molecule is CC[C@H](C)[C@H](NNC(=O)CCCCCCCCCCCCCCC(=O)NN[C@@H](CC(N)=O)C(=O)N[C@@H](Cc1ccccc1)C(=O)O)C(=O)N[C@@H](Cc1ccccc1)C(N)=O. The number of carboxylic acid groups (broad SMARTS) is 1. The standard InChI is InChI=1S/C44H68N8O8/c1-3-31(2)40(43(58)47-34(41(46)56)28-32-22-16-14-17-23-32)52-51-39(55)27-21-13-11-9-7-5-4-6-8-10-12-20-26-38(54)50-49-35(30-37(45)53)42(57)48-36(44(59)60)29-33-24-18-15-19-25-33/h14-19,22-25,31,34-36,40,49,52H,3-13,20-21,26-30H2,1-2H3,(H2,45,53)(H2,46,56)(H,47,58)(H,48,57)(H,50,54)(H,51,55)(H,59,60)/t31-,34-,35-,36-,40-/m0/s1. The number of hydrazine groups is 2. The van der Waals surface area contributed by atoms with Gasteiger partial charge in [-0.2, -0.15) is 0 Å². The number of hydrogen-bond donors (Lipinski definition) is 9. The molecule has 16 heteroatoms. The molecule has 0 aliphatic rings. The highest BCUT2D eigenvalue weighted by Gasteiger charge is 2.29. The Hall–Kier alpha value is -5.35. The maximum absolute atomic E-state index is 13.1. The molecule has 0 aliphatic carbocycles. The Morgan fingerprint density at radius 1 is 0.567 bits per heavy atom. The molecule has 0 saturated carbocycles. The van der Waals surface area contributed by atoms with Crippen LogP contribution in [0, 0.1) is 5.92 Å². The van der Waals surface area contributed by atoms with Gasteiger partial charge < -0.3 is 27.2 Å². The highest BCUT2D eigenvalue weighted by molar-refractivity contribution is 5.91. The molecule has 0 radical (unpaired) electrons. The lowest BCUT2D eigenvalue weighted by molar-refractivity contribution is -0.142. The van der Waals surface area contributed by atoms with Crippen LogP contribution in [0.1, 0.15) is 128 Å². The predicted octanol–water partition coefficient (Wildman–Crippen LogP) is 3.37. The van der Waals surface area contributed by atoms with Gasteiger partial charge in [-0.05, 0) is 29.9 Å². The van der Waals surface area contributed by atoms with Gasteiger partial charge in [-0.25, -0.2) is 15.6 Å². The third-order valence-electron chi connectivity index (χ3n) is 10.4. The summed E-state index contributed by atoms with van der Waals surface area (Å²) >= 11 is 0. The molecule has 0 aliphatic heterocycles. The summed E-state index contributed by atoms with van der Waals surface area (Å²) in [7, 11) is 0. The largest absolute Gasteiger partial charge is 0.480 e. The van der Waals surface area contributed by atoms with Gasteiger partial charge in [-0.1, -0.05) is 145 Å². The van der Waals surface area contributed by atoms with Gasteiger partial charge in [0.1, 0.15) is 24.2 Å². The number of primary amides is 2. The second kappa shape index (κ2) is 29.8. The quantitative estimate of drug-likeness (QED) is 0.0374. The highest BCUT2D eigenvalue weighted by atomic mass is 16.4. The van der Waals surface area contributed by atoms with Crippen LogP contribution in [-0.4, -0.2) is 70.7 Å². The van der Waals surface area contributed by atoms with E-state index in [-0.39, 0.29) is 37.0 Å². The van der Waals surface area contributed by atoms with Crippen molar-refractivity contribution in [2.45, 2.75) is 154 Å². The average molecular weight is 837 g/mol. The summed E-state index contributed by atoms with van der Waals surface area (Å²) in [5, 5.41) is 14.8. The lowest BCUT2D eigenvalue weighted by Crippen LogP contribution is -2.58. The lowest BCUT2D eigenvalue weighted by Gasteiger charge is -2.26. The van der Waals surface area contributed by atoms with Gasteiger partial charge in [-0.3, -0.25) is 39.6 Å². The first-order chi connectivity index (χ1) is 28.8. The molecule has 11 N–H and O–H groups in total. The topological polar surface area (TPSA) is 264 Å². The Morgan fingerprint density at radius 3 is 1.40 bits per heavy atom. The van der Waals surface area contributed by atoms with Crippen molar-refractivity contribution in [1.29, 1.82) is 0 Å². The summed E-state index contributed by atoms with van der Waals surface area (Å²) in [6.07, 6.45) is 13.1. The molecule has 0 bridgehead atoms. The van der Waals surface area contributed by atoms with Crippen molar-refractivity contribution in [1.82, 2.24) is 32.3 Å². The maximum Gasteiger partial charge on any atom is 0.326 e. The molecule has 332 valence electrons. The minimum Gasteiger partial charge on any atom is -0.480 e. The number of amides is 6. The molecule has 0 saturated heterocycles. The van der Waals surface area contributed by atoms with Gasteiger partial charge in [0.15, 0.2) is 0 Å². The van der Waals surface area contributed by atoms with Crippen molar-refractivity contribution < 1.29 is 38.7 Å². The van der Waals surface area contributed by atoms with E-state index in [2.05, 4.69) is 32.3 Å². The van der Waals surface area contributed by atoms with Crippen LogP contribution in [0.25, 0.3) is 0 Å². The Balaban J connectivity index is 1.52. The number of nitrogens with one attached hydrogen (secondary N) is 6. The number of nitrogens with two attached hydrogens (primary N) is 2. The first-order valence-corrected chi connectivity index (χ1v) is 21.4. The predicted molar refractivity (Wildman–Crippen MR) is 229 cm³/mol. The number of unbranched alkanes of at least 4 members (excludes halogenated alkanes) is 11. The molecule has 6 amide bonds. The molecule has 0 unspecified atom stereocenters. The summed E-state index contributed by atoms with van der Waals surface area (Å²) in [5.74, 6) is -4.44. The van der Waals surface area contributed by atoms with Gasteiger partial charge in [0.2, 0.25) is 35.4 Å². The van der Waals surface area contributed by atoms with E-state index in [0.29, 0.717) is 24.8 Å². The number of carbonyl (C=O) groups excluding carboxylic acids is 6. The summed E-state index contributed by atoms with van der Waals surface area (Å²) in [5.41, 5.74) is 23.0. The fourth-order valence-electron chi connectivity index (χ4n) is 6.56. The highest BCUT2D eigenvalue weighted by Crippen LogP contribution is 2.14. The van der Waals surface area contributed by atoms with Crippen LogP contribution in [0.3, 0.4) is 0 Å². The van der Waals surface area contributed by atoms with Crippen LogP contribution in [0.5, 0.6) is 0 Å². The van der Waals surface area contributed by atoms with E-state index in [1.165, 1.54) is 0 Å². The van der Waals surface area contributed by atoms with Crippen molar-refractivity contribution in [2.75, 3.05) is 0 Å². The second-order valence-corrected chi connectivity index (χ2v) is 15.5. The fourth-order valence-corrected chi connectivity index (χ4v) is 6.56. The number of carboxylic acids is 1. The summed E-state index contributed by atoms with van der Waals surface area (Å²) < 4.78 is 0. The molecule has 0 fully saturated rings. The Bertz CT molecular complexity index is 1610. The first kappa shape index (κ1) is 50.8. The third-order valence-corrected chi connectivity index (χ3v) is 10.4. The molecule has 16 nitrogen and oxygen atoms in total. The molecule has 0 heterocycles. The molecular weight excluding hydrogens is 769 g/mol. The minimum atomic E-state index is -1.23. The number of benzene rings is 2. The lowest BCUT2D eigenvalue weighted by atomic mass is 9.98. The number of rotatable bonds is 33. The molecule has 2 aromatic carbocycles. The van der Waals surface area contributed by atoms with Crippen LogP contribution < -0.4 is 43.8 Å². The smallest absolute Gasteiger partial charge is 0.326 e. The van der Waals surface area contributed by atoms with Crippen molar-refractivity contribution >= 4 is 41.4 Å². The second-order valence-electron chi connectivity index (χ2n) is 15.5. The zero-order valence-electron chi connectivity index (χ0n) is 35.3. The number of carbonyl (C=O) groups is 7. The van der Waals surface area contributed by atoms with Crippen molar-refractivity contribution in [3.8, 4) is 0 Å². The van der Waals surface area contributed by atoms with Gasteiger partial charge >= 0.3 is 5.97 Å². The van der Waals surface area contributed by atoms with Crippen molar-refractivity contribution in [3.63, 3.8) is 0 Å². The van der Waals surface area contributed by atoms with Crippen LogP contribution in [0.15, 0.2) is 60.7 Å². The average Bonchev–Trinajstić information content (AvgIpc) is 3.22. The molecule has 2 rings (SSSR count). The zero-order chi connectivity index (χ0) is 44.1.